The minimum absolute atomic E-state index is 0.296. The van der Waals surface area contributed by atoms with Crippen molar-refractivity contribution in [2.45, 2.75) is 22.5 Å². The summed E-state index contributed by atoms with van der Waals surface area (Å²) < 4.78 is 4.95. The largest absolute Gasteiger partial charge is 0.380 e. The fourth-order valence-electron chi connectivity index (χ4n) is 2.67. The Morgan fingerprint density at radius 1 is 1.29 bits per heavy atom. The van der Waals surface area contributed by atoms with Gasteiger partial charge in [0, 0.05) is 10.3 Å². The van der Waals surface area contributed by atoms with E-state index >= 15 is 0 Å². The number of hydrogen-bond acceptors (Lipinski definition) is 3. The molecule has 2 fully saturated rings. The third-order valence-corrected chi connectivity index (χ3v) is 5.27. The molecule has 17 heavy (non-hydrogen) atoms. The number of hydrogen-bond donors (Lipinski definition) is 0. The van der Waals surface area contributed by atoms with Crippen molar-refractivity contribution in [3.8, 4) is 6.07 Å². The van der Waals surface area contributed by atoms with Gasteiger partial charge in [0.2, 0.25) is 0 Å². The number of halogens is 1. The Bertz CT molecular complexity index is 484. The second kappa shape index (κ2) is 3.91. The van der Waals surface area contributed by atoms with Crippen LogP contribution in [0.5, 0.6) is 0 Å². The predicted molar refractivity (Wildman–Crippen MR) is 68.1 cm³/mol. The topological polar surface area (TPSA) is 33.0 Å². The van der Waals surface area contributed by atoms with Crippen molar-refractivity contribution in [1.29, 1.82) is 5.26 Å². The zero-order valence-corrected chi connectivity index (χ0v) is 10.9. The molecule has 1 heterocycles. The molecule has 1 aromatic carbocycles. The van der Waals surface area contributed by atoms with Gasteiger partial charge in [-0.2, -0.15) is 5.26 Å². The molecular weight excluding hydrogens is 254 g/mol. The molecule has 1 spiro atoms. The van der Waals surface area contributed by atoms with E-state index in [0.717, 1.165) is 36.0 Å². The molecule has 3 rings (SSSR count). The second-order valence-corrected chi connectivity index (χ2v) is 6.82. The molecule has 1 saturated heterocycles. The maximum Gasteiger partial charge on any atom is 0.108 e. The number of benzene rings is 1. The Labute approximate surface area is 110 Å². The van der Waals surface area contributed by atoms with Crippen molar-refractivity contribution < 1.29 is 4.74 Å². The number of rotatable bonds is 2. The summed E-state index contributed by atoms with van der Waals surface area (Å²) in [5.41, 5.74) is 0.296. The van der Waals surface area contributed by atoms with Gasteiger partial charge in [-0.25, -0.2) is 0 Å². The molecule has 1 aromatic rings. The standard InChI is InChI=1S/C13H12ClNOS/c14-10-3-1-2-4-11(10)17-13(7-15)5-12(6-13)8-16-9-12/h1-4H,5-6,8-9H2. The Balaban J connectivity index is 1.76. The summed E-state index contributed by atoms with van der Waals surface area (Å²) >= 11 is 7.74. The van der Waals surface area contributed by atoms with Gasteiger partial charge in [-0.1, -0.05) is 23.7 Å². The van der Waals surface area contributed by atoms with Gasteiger partial charge in [0.1, 0.15) is 4.75 Å². The van der Waals surface area contributed by atoms with Gasteiger partial charge < -0.3 is 4.74 Å². The number of nitrogens with zero attached hydrogens (tertiary/aromatic N) is 1. The van der Waals surface area contributed by atoms with Gasteiger partial charge in [0.05, 0.1) is 24.3 Å². The molecule has 88 valence electrons. The van der Waals surface area contributed by atoms with Crippen molar-refractivity contribution in [3.05, 3.63) is 29.3 Å². The summed E-state index contributed by atoms with van der Waals surface area (Å²) in [5, 5.41) is 10.1. The third kappa shape index (κ3) is 1.85. The van der Waals surface area contributed by atoms with Crippen molar-refractivity contribution >= 4 is 23.4 Å². The molecule has 4 heteroatoms. The van der Waals surface area contributed by atoms with E-state index in [9.17, 15) is 5.26 Å². The Morgan fingerprint density at radius 2 is 2.00 bits per heavy atom. The van der Waals surface area contributed by atoms with E-state index in [0.29, 0.717) is 5.41 Å². The molecule has 0 N–H and O–H groups in total. The first kappa shape index (κ1) is 11.4. The average molecular weight is 266 g/mol. The lowest BCUT2D eigenvalue weighted by Gasteiger charge is -2.56. The lowest BCUT2D eigenvalue weighted by Crippen LogP contribution is -2.59. The third-order valence-electron chi connectivity index (χ3n) is 3.48. The van der Waals surface area contributed by atoms with Gasteiger partial charge >= 0.3 is 0 Å². The number of nitriles is 1. The Kier molecular flexibility index (Phi) is 2.62. The highest BCUT2D eigenvalue weighted by molar-refractivity contribution is 8.01. The average Bonchev–Trinajstić information content (AvgIpc) is 2.23. The molecule has 1 aliphatic carbocycles. The molecule has 0 bridgehead atoms. The summed E-state index contributed by atoms with van der Waals surface area (Å²) in [6.45, 7) is 1.64. The molecule has 1 saturated carbocycles. The van der Waals surface area contributed by atoms with Crippen LogP contribution in [0.4, 0.5) is 0 Å². The van der Waals surface area contributed by atoms with Crippen molar-refractivity contribution in [2.75, 3.05) is 13.2 Å². The van der Waals surface area contributed by atoms with Crippen LogP contribution < -0.4 is 0 Å². The number of ether oxygens (including phenoxy) is 1. The molecule has 2 aliphatic rings. The second-order valence-electron chi connectivity index (χ2n) is 4.98. The van der Waals surface area contributed by atoms with E-state index in [1.165, 1.54) is 0 Å². The fraction of sp³-hybridized carbons (Fsp3) is 0.462. The van der Waals surface area contributed by atoms with Gasteiger partial charge in [-0.3, -0.25) is 0 Å². The summed E-state index contributed by atoms with van der Waals surface area (Å²) in [6, 6.07) is 10.2. The lowest BCUT2D eigenvalue weighted by atomic mass is 9.60. The van der Waals surface area contributed by atoms with Crippen molar-refractivity contribution in [2.24, 2.45) is 5.41 Å². The van der Waals surface area contributed by atoms with Crippen LogP contribution in [0.25, 0.3) is 0 Å². The zero-order chi connectivity index (χ0) is 11.9. The summed E-state index contributed by atoms with van der Waals surface area (Å²) in [4.78, 5) is 1.01. The van der Waals surface area contributed by atoms with Crippen LogP contribution >= 0.6 is 23.4 Å². The molecule has 0 aromatic heterocycles. The normalized spacial score (nSPS) is 23.5. The monoisotopic (exact) mass is 265 g/mol. The summed E-state index contributed by atoms with van der Waals surface area (Å²) in [7, 11) is 0. The van der Waals surface area contributed by atoms with Gasteiger partial charge in [0.25, 0.3) is 0 Å². The van der Waals surface area contributed by atoms with E-state index < -0.39 is 0 Å². The molecule has 2 nitrogen and oxygen atoms in total. The highest BCUT2D eigenvalue weighted by Crippen LogP contribution is 2.60. The Morgan fingerprint density at radius 3 is 2.53 bits per heavy atom. The van der Waals surface area contributed by atoms with Crippen LogP contribution in [0.3, 0.4) is 0 Å². The van der Waals surface area contributed by atoms with E-state index in [1.54, 1.807) is 11.8 Å². The highest BCUT2D eigenvalue weighted by atomic mass is 35.5. The van der Waals surface area contributed by atoms with Crippen LogP contribution in [-0.4, -0.2) is 18.0 Å². The van der Waals surface area contributed by atoms with Gasteiger partial charge in [-0.05, 0) is 25.0 Å². The first-order chi connectivity index (χ1) is 8.17. The number of thioether (sulfide) groups is 1. The molecule has 0 atom stereocenters. The summed E-state index contributed by atoms with van der Waals surface area (Å²) in [6.07, 6.45) is 1.85. The highest BCUT2D eigenvalue weighted by Gasteiger charge is 2.59. The molecule has 1 aliphatic heterocycles. The lowest BCUT2D eigenvalue weighted by molar-refractivity contribution is -0.161. The van der Waals surface area contributed by atoms with Crippen LogP contribution in [0.2, 0.25) is 5.02 Å². The first-order valence-electron chi connectivity index (χ1n) is 5.60. The van der Waals surface area contributed by atoms with Crippen LogP contribution in [0.1, 0.15) is 12.8 Å². The van der Waals surface area contributed by atoms with Gasteiger partial charge in [-0.15, -0.1) is 11.8 Å². The van der Waals surface area contributed by atoms with Crippen LogP contribution in [0, 0.1) is 16.7 Å². The maximum absolute atomic E-state index is 9.39. The SMILES string of the molecule is N#CC1(Sc2ccccc2Cl)CC2(COC2)C1. The zero-order valence-electron chi connectivity index (χ0n) is 9.28. The van der Waals surface area contributed by atoms with E-state index in [4.69, 9.17) is 16.3 Å². The smallest absolute Gasteiger partial charge is 0.108 e. The van der Waals surface area contributed by atoms with E-state index in [2.05, 4.69) is 6.07 Å². The van der Waals surface area contributed by atoms with E-state index in [1.807, 2.05) is 24.3 Å². The Hall–Kier alpha value is -0.690. The predicted octanol–water partition coefficient (Wildman–Crippen LogP) is 3.50. The molecular formula is C13H12ClNOS. The fourth-order valence-corrected chi connectivity index (χ4v) is 4.45. The van der Waals surface area contributed by atoms with Gasteiger partial charge in [0.15, 0.2) is 0 Å². The molecule has 0 radical (unpaired) electrons. The van der Waals surface area contributed by atoms with Crippen LogP contribution in [-0.2, 0) is 4.74 Å². The maximum atomic E-state index is 9.39. The van der Waals surface area contributed by atoms with Crippen molar-refractivity contribution in [3.63, 3.8) is 0 Å². The molecule has 0 amide bonds. The first-order valence-corrected chi connectivity index (χ1v) is 6.79. The minimum Gasteiger partial charge on any atom is -0.380 e. The minimum atomic E-state index is -0.297. The summed E-state index contributed by atoms with van der Waals surface area (Å²) in [5.74, 6) is 0. The van der Waals surface area contributed by atoms with Crippen molar-refractivity contribution in [1.82, 2.24) is 0 Å². The molecule has 0 unspecified atom stereocenters. The van der Waals surface area contributed by atoms with Crippen LogP contribution in [0.15, 0.2) is 29.2 Å². The quantitative estimate of drug-likeness (QED) is 0.820. The van der Waals surface area contributed by atoms with E-state index in [-0.39, 0.29) is 4.75 Å².